The Morgan fingerprint density at radius 3 is 2.30 bits per heavy atom. The van der Waals surface area contributed by atoms with Crippen molar-refractivity contribution in [2.75, 3.05) is 10.6 Å². The Bertz CT molecular complexity index is 1560. The molecule has 0 bridgehead atoms. The van der Waals surface area contributed by atoms with Gasteiger partial charge in [0.2, 0.25) is 5.91 Å². The molecule has 1 atom stereocenters. The van der Waals surface area contributed by atoms with E-state index >= 15 is 0 Å². The molecule has 0 radical (unpaired) electrons. The van der Waals surface area contributed by atoms with E-state index in [4.69, 9.17) is 0 Å². The van der Waals surface area contributed by atoms with Crippen molar-refractivity contribution in [3.63, 3.8) is 0 Å². The molecular weight excluding hydrogens is 482 g/mol. The number of carbonyl (C=O) groups excluding carboxylic acids is 2. The normalized spacial score (nSPS) is 11.7. The van der Waals surface area contributed by atoms with Crippen LogP contribution in [0.25, 0.3) is 22.2 Å². The fraction of sp³-hybridized carbons (Fsp3) is 0.103. The molecule has 0 aliphatic carbocycles. The zero-order chi connectivity index (χ0) is 25.8. The molecule has 1 heterocycles. The number of hydrogen-bond donors (Lipinski definition) is 2. The van der Waals surface area contributed by atoms with Gasteiger partial charge in [0.1, 0.15) is 0 Å². The molecule has 2 N–H and O–H groups in total. The summed E-state index contributed by atoms with van der Waals surface area (Å²) in [5.41, 5.74) is 2.93. The highest BCUT2D eigenvalue weighted by Crippen LogP contribution is 2.28. The highest BCUT2D eigenvalue weighted by Gasteiger charge is 2.20. The van der Waals surface area contributed by atoms with E-state index < -0.39 is 0 Å². The summed E-state index contributed by atoms with van der Waals surface area (Å²) < 4.78 is 1.86. The Kier molecular flexibility index (Phi) is 7.00. The number of benzene rings is 4. The fourth-order valence-electron chi connectivity index (χ4n) is 3.94. The molecule has 184 valence electrons. The maximum atomic E-state index is 13.0. The molecule has 0 saturated carbocycles. The molecule has 2 amide bonds. The van der Waals surface area contributed by atoms with E-state index in [1.807, 2.05) is 103 Å². The molecule has 8 heteroatoms. The molecule has 0 unspecified atom stereocenters. The first-order chi connectivity index (χ1) is 18.0. The summed E-state index contributed by atoms with van der Waals surface area (Å²) in [5, 5.41) is 16.9. The van der Waals surface area contributed by atoms with Gasteiger partial charge in [-0.1, -0.05) is 66.4 Å². The largest absolute Gasteiger partial charge is 0.325 e. The zero-order valence-electron chi connectivity index (χ0n) is 20.4. The summed E-state index contributed by atoms with van der Waals surface area (Å²) in [7, 11) is 1.87. The van der Waals surface area contributed by atoms with Crippen molar-refractivity contribution in [2.24, 2.45) is 7.05 Å². The predicted octanol–water partition coefficient (Wildman–Crippen LogP) is 6.01. The molecule has 0 aliphatic heterocycles. The molecule has 0 saturated heterocycles. The topological polar surface area (TPSA) is 88.9 Å². The summed E-state index contributed by atoms with van der Waals surface area (Å²) in [4.78, 5) is 25.3. The lowest BCUT2D eigenvalue weighted by molar-refractivity contribution is -0.115. The molecule has 1 aromatic heterocycles. The van der Waals surface area contributed by atoms with Crippen molar-refractivity contribution in [2.45, 2.75) is 17.3 Å². The Morgan fingerprint density at radius 2 is 1.51 bits per heavy atom. The van der Waals surface area contributed by atoms with Crippen LogP contribution in [0.3, 0.4) is 0 Å². The van der Waals surface area contributed by atoms with Gasteiger partial charge in [0.15, 0.2) is 11.0 Å². The number of thioether (sulfide) groups is 1. The van der Waals surface area contributed by atoms with Crippen molar-refractivity contribution >= 4 is 45.7 Å². The molecule has 5 rings (SSSR count). The second-order valence-electron chi connectivity index (χ2n) is 8.54. The summed E-state index contributed by atoms with van der Waals surface area (Å²) >= 11 is 1.35. The van der Waals surface area contributed by atoms with Crippen LogP contribution in [0.1, 0.15) is 17.3 Å². The maximum Gasteiger partial charge on any atom is 0.255 e. The van der Waals surface area contributed by atoms with Gasteiger partial charge in [0, 0.05) is 34.9 Å². The van der Waals surface area contributed by atoms with Gasteiger partial charge in [0.25, 0.3) is 5.91 Å². The van der Waals surface area contributed by atoms with Crippen molar-refractivity contribution in [1.29, 1.82) is 0 Å². The Balaban J connectivity index is 1.25. The summed E-state index contributed by atoms with van der Waals surface area (Å²) in [6.45, 7) is 1.85. The zero-order valence-corrected chi connectivity index (χ0v) is 21.2. The van der Waals surface area contributed by atoms with Crippen LogP contribution in [-0.4, -0.2) is 31.8 Å². The van der Waals surface area contributed by atoms with Gasteiger partial charge < -0.3 is 15.2 Å². The lowest BCUT2D eigenvalue weighted by atomic mass is 10.1. The van der Waals surface area contributed by atoms with Crippen LogP contribution < -0.4 is 10.6 Å². The number of aromatic nitrogens is 3. The SMILES string of the molecule is C[C@@H](Sc1nnc(-c2ccc(NC(=O)c3ccccc3)cc2)n1C)C(=O)Nc1cccc2ccccc12. The molecule has 37 heavy (non-hydrogen) atoms. The highest BCUT2D eigenvalue weighted by molar-refractivity contribution is 8.00. The Hall–Kier alpha value is -4.43. The van der Waals surface area contributed by atoms with E-state index in [0.717, 1.165) is 22.0 Å². The minimum absolute atomic E-state index is 0.107. The quantitative estimate of drug-likeness (QED) is 0.264. The minimum atomic E-state index is -0.384. The predicted molar refractivity (Wildman–Crippen MR) is 149 cm³/mol. The highest BCUT2D eigenvalue weighted by atomic mass is 32.2. The number of nitrogens with one attached hydrogen (secondary N) is 2. The summed E-state index contributed by atoms with van der Waals surface area (Å²) in [5.74, 6) is 0.399. The third-order valence-corrected chi connectivity index (χ3v) is 7.10. The number of anilines is 2. The van der Waals surface area contributed by atoms with Crippen molar-refractivity contribution < 1.29 is 9.59 Å². The van der Waals surface area contributed by atoms with Gasteiger partial charge in [-0.3, -0.25) is 9.59 Å². The van der Waals surface area contributed by atoms with Crippen LogP contribution in [0.4, 0.5) is 11.4 Å². The third-order valence-electron chi connectivity index (χ3n) is 5.97. The lowest BCUT2D eigenvalue weighted by Crippen LogP contribution is -2.23. The molecule has 0 fully saturated rings. The molecule has 0 aliphatic rings. The van der Waals surface area contributed by atoms with Gasteiger partial charge in [-0.2, -0.15) is 0 Å². The van der Waals surface area contributed by atoms with E-state index in [-0.39, 0.29) is 17.1 Å². The molecule has 0 spiro atoms. The minimum Gasteiger partial charge on any atom is -0.325 e. The fourth-order valence-corrected chi connectivity index (χ4v) is 4.76. The smallest absolute Gasteiger partial charge is 0.255 e. The van der Waals surface area contributed by atoms with Crippen LogP contribution in [0.5, 0.6) is 0 Å². The first-order valence-corrected chi connectivity index (χ1v) is 12.7. The van der Waals surface area contributed by atoms with Crippen molar-refractivity contribution in [3.05, 3.63) is 103 Å². The number of fused-ring (bicyclic) bond motifs is 1. The van der Waals surface area contributed by atoms with E-state index in [2.05, 4.69) is 20.8 Å². The maximum absolute atomic E-state index is 13.0. The van der Waals surface area contributed by atoms with Gasteiger partial charge >= 0.3 is 0 Å². The summed E-state index contributed by atoms with van der Waals surface area (Å²) in [6.07, 6.45) is 0. The van der Waals surface area contributed by atoms with Crippen LogP contribution in [-0.2, 0) is 11.8 Å². The Morgan fingerprint density at radius 1 is 0.811 bits per heavy atom. The van der Waals surface area contributed by atoms with E-state index in [1.54, 1.807) is 12.1 Å². The number of amides is 2. The van der Waals surface area contributed by atoms with Crippen LogP contribution in [0.15, 0.2) is 102 Å². The number of nitrogens with zero attached hydrogens (tertiary/aromatic N) is 3. The van der Waals surface area contributed by atoms with Gasteiger partial charge in [-0.15, -0.1) is 10.2 Å². The van der Waals surface area contributed by atoms with Crippen molar-refractivity contribution in [1.82, 2.24) is 14.8 Å². The molecule has 4 aromatic carbocycles. The number of rotatable bonds is 7. The average Bonchev–Trinajstić information content (AvgIpc) is 3.29. The van der Waals surface area contributed by atoms with E-state index in [9.17, 15) is 9.59 Å². The molecule has 7 nitrogen and oxygen atoms in total. The first kappa shape index (κ1) is 24.3. The van der Waals surface area contributed by atoms with Crippen molar-refractivity contribution in [3.8, 4) is 11.4 Å². The van der Waals surface area contributed by atoms with Crippen LogP contribution >= 0.6 is 11.8 Å². The van der Waals surface area contributed by atoms with Crippen LogP contribution in [0, 0.1) is 0 Å². The second kappa shape index (κ2) is 10.7. The standard InChI is InChI=1S/C29H25N5O2S/c1-19(27(35)31-25-14-8-12-20-9-6-7-13-24(20)25)37-29-33-32-26(34(29)2)21-15-17-23(18-16-21)30-28(36)22-10-4-3-5-11-22/h3-19H,1-2H3,(H,30,36)(H,31,35)/t19-/m1/s1. The number of hydrogen-bond acceptors (Lipinski definition) is 5. The van der Waals surface area contributed by atoms with E-state index in [1.165, 1.54) is 11.8 Å². The van der Waals surface area contributed by atoms with Gasteiger partial charge in [0.05, 0.1) is 5.25 Å². The third kappa shape index (κ3) is 5.39. The van der Waals surface area contributed by atoms with Crippen LogP contribution in [0.2, 0.25) is 0 Å². The van der Waals surface area contributed by atoms with Gasteiger partial charge in [-0.05, 0) is 54.8 Å². The lowest BCUT2D eigenvalue weighted by Gasteiger charge is -2.13. The monoisotopic (exact) mass is 507 g/mol. The Labute approximate surface area is 218 Å². The second-order valence-corrected chi connectivity index (χ2v) is 9.85. The van der Waals surface area contributed by atoms with E-state index in [0.29, 0.717) is 22.2 Å². The number of carbonyl (C=O) groups is 2. The average molecular weight is 508 g/mol. The molecular formula is C29H25N5O2S. The summed E-state index contributed by atoms with van der Waals surface area (Å²) in [6, 6.07) is 30.3. The first-order valence-electron chi connectivity index (χ1n) is 11.8. The molecule has 5 aromatic rings. The van der Waals surface area contributed by atoms with Gasteiger partial charge in [-0.25, -0.2) is 0 Å².